The Kier molecular flexibility index (Phi) is 3.47. The minimum absolute atomic E-state index is 0.330. The third-order valence-corrected chi connectivity index (χ3v) is 2.14. The Balaban J connectivity index is 2.80. The smallest absolute Gasteiger partial charge is 0.126 e. The monoisotopic (exact) mass is 198 g/mol. The minimum atomic E-state index is -0.572. The van der Waals surface area contributed by atoms with Crippen LogP contribution in [0.4, 0.5) is 4.39 Å². The zero-order chi connectivity index (χ0) is 10.7. The molecular formula is C11H15FO2. The number of ether oxygens (including phenoxy) is 1. The summed E-state index contributed by atoms with van der Waals surface area (Å²) in [6.07, 6.45) is -0.909. The van der Waals surface area contributed by atoms with Gasteiger partial charge in [-0.1, -0.05) is 6.07 Å². The van der Waals surface area contributed by atoms with Gasteiger partial charge in [0.1, 0.15) is 17.7 Å². The second-order valence-electron chi connectivity index (χ2n) is 3.47. The fraction of sp³-hybridized carbons (Fsp3) is 0.455. The van der Waals surface area contributed by atoms with Gasteiger partial charge in [0.05, 0.1) is 6.10 Å². The molecule has 0 amide bonds. The van der Waals surface area contributed by atoms with Crippen LogP contribution in [0.25, 0.3) is 0 Å². The van der Waals surface area contributed by atoms with Crippen molar-refractivity contribution in [2.45, 2.75) is 33.0 Å². The Morgan fingerprint density at radius 1 is 1.36 bits per heavy atom. The summed E-state index contributed by atoms with van der Waals surface area (Å²) in [6, 6.07) is 4.36. The molecule has 78 valence electrons. The van der Waals surface area contributed by atoms with Crippen molar-refractivity contribution in [3.05, 3.63) is 29.6 Å². The van der Waals surface area contributed by atoms with E-state index in [2.05, 4.69) is 0 Å². The lowest BCUT2D eigenvalue weighted by molar-refractivity contribution is 0.0598. The van der Waals surface area contributed by atoms with Crippen molar-refractivity contribution in [2.24, 2.45) is 0 Å². The van der Waals surface area contributed by atoms with Crippen molar-refractivity contribution >= 4 is 0 Å². The highest BCUT2D eigenvalue weighted by Crippen LogP contribution is 2.20. The van der Waals surface area contributed by atoms with Gasteiger partial charge in [0, 0.05) is 6.07 Å². The lowest BCUT2D eigenvalue weighted by Gasteiger charge is -2.18. The molecule has 1 aromatic carbocycles. The molecule has 0 spiro atoms. The summed E-state index contributed by atoms with van der Waals surface area (Å²) < 4.78 is 18.3. The first-order chi connectivity index (χ1) is 6.50. The molecule has 0 saturated carbocycles. The quantitative estimate of drug-likeness (QED) is 0.807. The molecule has 0 fully saturated rings. The summed E-state index contributed by atoms with van der Waals surface area (Å²) in [5.41, 5.74) is 0.860. The van der Waals surface area contributed by atoms with Gasteiger partial charge < -0.3 is 9.84 Å². The molecule has 1 aromatic rings. The molecule has 1 rings (SSSR count). The number of benzene rings is 1. The van der Waals surface area contributed by atoms with Gasteiger partial charge in [-0.25, -0.2) is 4.39 Å². The number of hydrogen-bond acceptors (Lipinski definition) is 2. The Labute approximate surface area is 83.3 Å². The van der Waals surface area contributed by atoms with Crippen LogP contribution in [-0.2, 0) is 0 Å². The van der Waals surface area contributed by atoms with E-state index in [4.69, 9.17) is 4.74 Å². The molecule has 0 radical (unpaired) electrons. The Morgan fingerprint density at radius 3 is 2.57 bits per heavy atom. The van der Waals surface area contributed by atoms with E-state index in [-0.39, 0.29) is 11.9 Å². The highest BCUT2D eigenvalue weighted by molar-refractivity contribution is 5.32. The zero-order valence-electron chi connectivity index (χ0n) is 8.62. The fourth-order valence-corrected chi connectivity index (χ4v) is 1.000. The summed E-state index contributed by atoms with van der Waals surface area (Å²) in [5, 5.41) is 9.22. The fourth-order valence-electron chi connectivity index (χ4n) is 1.000. The largest absolute Gasteiger partial charge is 0.488 e. The van der Waals surface area contributed by atoms with Crippen LogP contribution < -0.4 is 4.74 Å². The average molecular weight is 198 g/mol. The van der Waals surface area contributed by atoms with Gasteiger partial charge in [-0.2, -0.15) is 0 Å². The van der Waals surface area contributed by atoms with Gasteiger partial charge in [0.25, 0.3) is 0 Å². The molecule has 0 aliphatic carbocycles. The number of hydrogen-bond donors (Lipinski definition) is 1. The van der Waals surface area contributed by atoms with Gasteiger partial charge in [-0.15, -0.1) is 0 Å². The number of aryl methyl sites for hydroxylation is 1. The zero-order valence-corrected chi connectivity index (χ0v) is 8.62. The molecule has 2 nitrogen and oxygen atoms in total. The average Bonchev–Trinajstić information content (AvgIpc) is 2.11. The second kappa shape index (κ2) is 4.42. The third kappa shape index (κ3) is 2.70. The highest BCUT2D eigenvalue weighted by Gasteiger charge is 2.11. The van der Waals surface area contributed by atoms with Crippen LogP contribution >= 0.6 is 0 Å². The van der Waals surface area contributed by atoms with E-state index in [1.807, 2.05) is 6.92 Å². The van der Waals surface area contributed by atoms with Gasteiger partial charge in [-0.05, 0) is 32.4 Å². The first kappa shape index (κ1) is 11.0. The maximum atomic E-state index is 12.9. The van der Waals surface area contributed by atoms with Crippen LogP contribution in [0.15, 0.2) is 18.2 Å². The summed E-state index contributed by atoms with van der Waals surface area (Å²) in [4.78, 5) is 0. The van der Waals surface area contributed by atoms with Crippen LogP contribution in [0.2, 0.25) is 0 Å². The summed E-state index contributed by atoms with van der Waals surface area (Å²) in [5.74, 6) is 0.154. The van der Waals surface area contributed by atoms with Gasteiger partial charge >= 0.3 is 0 Å². The van der Waals surface area contributed by atoms with E-state index < -0.39 is 6.10 Å². The maximum absolute atomic E-state index is 12.9. The molecule has 0 aliphatic rings. The number of aliphatic hydroxyl groups is 1. The molecule has 0 aromatic heterocycles. The molecule has 0 aliphatic heterocycles. The van der Waals surface area contributed by atoms with Crippen molar-refractivity contribution in [1.29, 1.82) is 0 Å². The van der Waals surface area contributed by atoms with E-state index in [1.54, 1.807) is 19.9 Å². The van der Waals surface area contributed by atoms with Crippen LogP contribution in [0.1, 0.15) is 19.4 Å². The van der Waals surface area contributed by atoms with Crippen molar-refractivity contribution < 1.29 is 14.2 Å². The third-order valence-electron chi connectivity index (χ3n) is 2.14. The predicted molar refractivity (Wildman–Crippen MR) is 52.9 cm³/mol. The summed E-state index contributed by atoms with van der Waals surface area (Å²) >= 11 is 0. The minimum Gasteiger partial charge on any atom is -0.488 e. The van der Waals surface area contributed by atoms with Gasteiger partial charge in [0.15, 0.2) is 0 Å². The first-order valence-corrected chi connectivity index (χ1v) is 4.61. The predicted octanol–water partition coefficient (Wildman–Crippen LogP) is 2.28. The second-order valence-corrected chi connectivity index (χ2v) is 3.47. The molecule has 14 heavy (non-hydrogen) atoms. The van der Waals surface area contributed by atoms with E-state index in [1.165, 1.54) is 12.1 Å². The topological polar surface area (TPSA) is 29.5 Å². The molecule has 0 bridgehead atoms. The van der Waals surface area contributed by atoms with Crippen molar-refractivity contribution in [1.82, 2.24) is 0 Å². The first-order valence-electron chi connectivity index (χ1n) is 4.61. The number of halogens is 1. The van der Waals surface area contributed by atoms with Gasteiger partial charge in [0.2, 0.25) is 0 Å². The number of rotatable bonds is 3. The van der Waals surface area contributed by atoms with Gasteiger partial charge in [-0.3, -0.25) is 0 Å². The van der Waals surface area contributed by atoms with Crippen molar-refractivity contribution in [3.63, 3.8) is 0 Å². The molecule has 3 heteroatoms. The molecule has 0 saturated heterocycles. The van der Waals surface area contributed by atoms with E-state index in [0.29, 0.717) is 5.75 Å². The van der Waals surface area contributed by atoms with Crippen LogP contribution in [0.3, 0.4) is 0 Å². The maximum Gasteiger partial charge on any atom is 0.126 e. The van der Waals surface area contributed by atoms with E-state index in [0.717, 1.165) is 5.56 Å². The lowest BCUT2D eigenvalue weighted by atomic mass is 10.2. The van der Waals surface area contributed by atoms with Crippen molar-refractivity contribution in [2.75, 3.05) is 0 Å². The molecule has 0 heterocycles. The molecule has 2 unspecified atom stereocenters. The lowest BCUT2D eigenvalue weighted by Crippen LogP contribution is -2.25. The van der Waals surface area contributed by atoms with Crippen LogP contribution in [0, 0.1) is 12.7 Å². The molecule has 1 N–H and O–H groups in total. The normalized spacial score (nSPS) is 14.9. The van der Waals surface area contributed by atoms with E-state index in [9.17, 15) is 9.50 Å². The van der Waals surface area contributed by atoms with E-state index >= 15 is 0 Å². The van der Waals surface area contributed by atoms with Crippen molar-refractivity contribution in [3.8, 4) is 5.75 Å². The summed E-state index contributed by atoms with van der Waals surface area (Å²) in [7, 11) is 0. The van der Waals surface area contributed by atoms with Crippen LogP contribution in [-0.4, -0.2) is 17.3 Å². The SMILES string of the molecule is Cc1ccc(F)cc1OC(C)C(C)O. The Hall–Kier alpha value is -1.09. The highest BCUT2D eigenvalue weighted by atomic mass is 19.1. The molecule has 2 atom stereocenters. The van der Waals surface area contributed by atoms with Crippen LogP contribution in [0.5, 0.6) is 5.75 Å². The Bertz CT molecular complexity index is 310. The molecular weight excluding hydrogens is 183 g/mol. The summed E-state index contributed by atoms with van der Waals surface area (Å²) in [6.45, 7) is 5.22. The Morgan fingerprint density at radius 2 is 2.00 bits per heavy atom. The standard InChI is InChI=1S/C11H15FO2/c1-7-4-5-10(12)6-11(7)14-9(3)8(2)13/h4-6,8-9,13H,1-3H3. The number of aliphatic hydroxyl groups excluding tert-OH is 1.